The van der Waals surface area contributed by atoms with Crippen molar-refractivity contribution in [1.29, 1.82) is 0 Å². The fraction of sp³-hybridized carbons (Fsp3) is 0.550. The number of benzene rings is 1. The van der Waals surface area contributed by atoms with Gasteiger partial charge in [-0.15, -0.1) is 0 Å². The van der Waals surface area contributed by atoms with Gasteiger partial charge in [0.25, 0.3) is 5.89 Å². The number of esters is 1. The van der Waals surface area contributed by atoms with E-state index >= 15 is 0 Å². The van der Waals surface area contributed by atoms with Gasteiger partial charge in [-0.2, -0.15) is 4.98 Å². The predicted octanol–water partition coefficient (Wildman–Crippen LogP) is 3.52. The highest BCUT2D eigenvalue weighted by atomic mass is 16.6. The van der Waals surface area contributed by atoms with Gasteiger partial charge in [0.2, 0.25) is 0 Å². The summed E-state index contributed by atoms with van der Waals surface area (Å²) in [5, 5.41) is 3.91. The monoisotopic (exact) mass is 372 g/mol. The highest BCUT2D eigenvalue weighted by Gasteiger charge is 2.45. The van der Waals surface area contributed by atoms with Gasteiger partial charge in [-0.05, 0) is 30.5 Å². The minimum Gasteiger partial charge on any atom is -0.486 e. The first kappa shape index (κ1) is 17.8. The van der Waals surface area contributed by atoms with E-state index in [2.05, 4.69) is 10.1 Å². The third-order valence-electron chi connectivity index (χ3n) is 5.27. The summed E-state index contributed by atoms with van der Waals surface area (Å²) in [7, 11) is 0. The molecule has 0 bridgehead atoms. The molecule has 1 aliphatic heterocycles. The topological polar surface area (TPSA) is 83.7 Å². The third kappa shape index (κ3) is 3.38. The summed E-state index contributed by atoms with van der Waals surface area (Å²) in [5.74, 6) is 2.26. The summed E-state index contributed by atoms with van der Waals surface area (Å²) < 4.78 is 22.1. The van der Waals surface area contributed by atoms with Crippen molar-refractivity contribution in [1.82, 2.24) is 10.1 Å². The second-order valence-electron chi connectivity index (χ2n) is 7.42. The van der Waals surface area contributed by atoms with Crippen LogP contribution in [0.15, 0.2) is 22.7 Å². The van der Waals surface area contributed by atoms with E-state index < -0.39 is 5.41 Å². The van der Waals surface area contributed by atoms with Crippen molar-refractivity contribution < 1.29 is 23.5 Å². The lowest BCUT2D eigenvalue weighted by Crippen LogP contribution is -2.35. The van der Waals surface area contributed by atoms with E-state index in [1.165, 1.54) is 0 Å². The van der Waals surface area contributed by atoms with Gasteiger partial charge in [0.05, 0.1) is 5.41 Å². The maximum Gasteiger partial charge on any atom is 0.317 e. The molecule has 2 heterocycles. The summed E-state index contributed by atoms with van der Waals surface area (Å²) >= 11 is 0. The minimum absolute atomic E-state index is 0.00907. The quantitative estimate of drug-likeness (QED) is 0.743. The zero-order chi connectivity index (χ0) is 18.9. The Labute approximate surface area is 158 Å². The zero-order valence-electron chi connectivity index (χ0n) is 15.7. The van der Waals surface area contributed by atoms with Crippen molar-refractivity contribution in [3.63, 3.8) is 0 Å². The first-order valence-electron chi connectivity index (χ1n) is 9.48. The molecule has 144 valence electrons. The molecule has 0 radical (unpaired) electrons. The molecule has 2 aromatic rings. The Kier molecular flexibility index (Phi) is 4.76. The summed E-state index contributed by atoms with van der Waals surface area (Å²) in [6.07, 6.45) is 3.49. The van der Waals surface area contributed by atoms with Crippen molar-refractivity contribution in [2.45, 2.75) is 57.5 Å². The molecular formula is C20H24N2O5. The van der Waals surface area contributed by atoms with E-state index in [4.69, 9.17) is 18.7 Å². The van der Waals surface area contributed by atoms with E-state index in [9.17, 15) is 4.79 Å². The van der Waals surface area contributed by atoms with Crippen molar-refractivity contribution in [3.05, 3.63) is 35.5 Å². The smallest absolute Gasteiger partial charge is 0.317 e. The van der Waals surface area contributed by atoms with E-state index in [0.29, 0.717) is 30.7 Å². The maximum atomic E-state index is 13.1. The normalized spacial score (nSPS) is 17.9. The lowest BCUT2D eigenvalue weighted by Gasteiger charge is -2.28. The Hall–Kier alpha value is -2.57. The van der Waals surface area contributed by atoms with Gasteiger partial charge in [-0.1, -0.05) is 37.9 Å². The predicted molar refractivity (Wildman–Crippen MR) is 95.8 cm³/mol. The highest BCUT2D eigenvalue weighted by Crippen LogP contribution is 2.45. The molecule has 7 heteroatoms. The molecule has 0 atom stereocenters. The molecule has 1 fully saturated rings. The number of hydrogen-bond acceptors (Lipinski definition) is 7. The number of rotatable bonds is 5. The van der Waals surface area contributed by atoms with Crippen LogP contribution in [0.25, 0.3) is 0 Å². The number of ether oxygens (including phenoxy) is 3. The van der Waals surface area contributed by atoms with Gasteiger partial charge in [0, 0.05) is 5.92 Å². The molecule has 27 heavy (non-hydrogen) atoms. The van der Waals surface area contributed by atoms with Crippen molar-refractivity contribution in [2.24, 2.45) is 0 Å². The Bertz CT molecular complexity index is 824. The lowest BCUT2D eigenvalue weighted by molar-refractivity contribution is -0.152. The Balaban J connectivity index is 1.53. The van der Waals surface area contributed by atoms with Crippen molar-refractivity contribution in [2.75, 3.05) is 13.2 Å². The Morgan fingerprint density at radius 2 is 1.93 bits per heavy atom. The average molecular weight is 372 g/mol. The molecule has 0 amide bonds. The molecule has 2 aliphatic rings. The summed E-state index contributed by atoms with van der Waals surface area (Å²) in [4.78, 5) is 17.3. The minimum atomic E-state index is -0.656. The van der Waals surface area contributed by atoms with E-state index in [-0.39, 0.29) is 18.5 Å². The van der Waals surface area contributed by atoms with Crippen LogP contribution in [0.5, 0.6) is 11.5 Å². The summed E-state index contributed by atoms with van der Waals surface area (Å²) in [5.41, 5.74) is 0.263. The molecular weight excluding hydrogens is 348 g/mol. The van der Waals surface area contributed by atoms with Gasteiger partial charge in [0.1, 0.15) is 13.2 Å². The number of carbonyl (C=O) groups excluding carboxylic acids is 1. The van der Waals surface area contributed by atoms with E-state index in [0.717, 1.165) is 37.0 Å². The standard InChI is InChI=1S/C20H24N2O5/c1-13(2)18-21-17(27-22-18)12-26-19(23)20(7-3-4-8-20)14-5-6-15-16(11-14)25-10-9-24-15/h5-6,11,13H,3-4,7-10,12H2,1-2H3. The third-order valence-corrected chi connectivity index (χ3v) is 5.27. The van der Waals surface area contributed by atoms with Gasteiger partial charge in [-0.25, -0.2) is 0 Å². The highest BCUT2D eigenvalue weighted by molar-refractivity contribution is 5.84. The van der Waals surface area contributed by atoms with Crippen LogP contribution < -0.4 is 9.47 Å². The van der Waals surface area contributed by atoms with Gasteiger partial charge in [-0.3, -0.25) is 4.79 Å². The maximum absolute atomic E-state index is 13.1. The van der Waals surface area contributed by atoms with Crippen LogP contribution in [0.3, 0.4) is 0 Å². The molecule has 0 unspecified atom stereocenters. The second kappa shape index (κ2) is 7.21. The fourth-order valence-electron chi connectivity index (χ4n) is 3.76. The molecule has 0 N–H and O–H groups in total. The molecule has 0 saturated heterocycles. The Morgan fingerprint density at radius 3 is 2.63 bits per heavy atom. The molecule has 0 spiro atoms. The fourth-order valence-corrected chi connectivity index (χ4v) is 3.76. The number of nitrogens with zero attached hydrogens (tertiary/aromatic N) is 2. The number of aromatic nitrogens is 2. The Morgan fingerprint density at radius 1 is 1.19 bits per heavy atom. The van der Waals surface area contributed by atoms with E-state index in [1.807, 2.05) is 32.0 Å². The molecule has 1 saturated carbocycles. The molecule has 1 aromatic carbocycles. The first-order valence-corrected chi connectivity index (χ1v) is 9.48. The molecule has 4 rings (SSSR count). The summed E-state index contributed by atoms with van der Waals surface area (Å²) in [6, 6.07) is 5.75. The van der Waals surface area contributed by atoms with Crippen LogP contribution in [-0.4, -0.2) is 29.3 Å². The first-order chi connectivity index (χ1) is 13.1. The SMILES string of the molecule is CC(C)c1noc(COC(=O)C2(c3ccc4c(c3)OCCO4)CCCC2)n1. The van der Waals surface area contributed by atoms with Crippen LogP contribution in [-0.2, 0) is 21.6 Å². The van der Waals surface area contributed by atoms with Crippen LogP contribution in [0.2, 0.25) is 0 Å². The van der Waals surface area contributed by atoms with Crippen LogP contribution >= 0.6 is 0 Å². The van der Waals surface area contributed by atoms with Crippen molar-refractivity contribution >= 4 is 5.97 Å². The van der Waals surface area contributed by atoms with Gasteiger partial charge in [0.15, 0.2) is 23.9 Å². The number of fused-ring (bicyclic) bond motifs is 1. The second-order valence-corrected chi connectivity index (χ2v) is 7.42. The zero-order valence-corrected chi connectivity index (χ0v) is 15.7. The largest absolute Gasteiger partial charge is 0.486 e. The van der Waals surface area contributed by atoms with Crippen LogP contribution in [0, 0.1) is 0 Å². The van der Waals surface area contributed by atoms with Crippen LogP contribution in [0.4, 0.5) is 0 Å². The lowest BCUT2D eigenvalue weighted by atomic mass is 9.78. The number of hydrogen-bond donors (Lipinski definition) is 0. The van der Waals surface area contributed by atoms with Gasteiger partial charge < -0.3 is 18.7 Å². The molecule has 1 aromatic heterocycles. The summed E-state index contributed by atoms with van der Waals surface area (Å²) in [6.45, 7) is 5.02. The average Bonchev–Trinajstić information content (AvgIpc) is 3.36. The molecule has 7 nitrogen and oxygen atoms in total. The van der Waals surface area contributed by atoms with Crippen LogP contribution in [0.1, 0.15) is 62.7 Å². The van der Waals surface area contributed by atoms with Crippen molar-refractivity contribution in [3.8, 4) is 11.5 Å². The van der Waals surface area contributed by atoms with E-state index in [1.54, 1.807) is 0 Å². The van der Waals surface area contributed by atoms with Gasteiger partial charge >= 0.3 is 5.97 Å². The number of carbonyl (C=O) groups is 1. The molecule has 1 aliphatic carbocycles.